The zero-order chi connectivity index (χ0) is 24.2. The van der Waals surface area contributed by atoms with E-state index in [1.807, 2.05) is 0 Å². The van der Waals surface area contributed by atoms with E-state index in [4.69, 9.17) is 28.9 Å². The Balaban J connectivity index is 1.72. The van der Waals surface area contributed by atoms with Crippen LogP contribution in [0.4, 0.5) is 13.2 Å². The van der Waals surface area contributed by atoms with Gasteiger partial charge >= 0.3 is 6.18 Å². The second-order valence-electron chi connectivity index (χ2n) is 7.48. The van der Waals surface area contributed by atoms with Gasteiger partial charge in [-0.2, -0.15) is 18.3 Å². The Labute approximate surface area is 199 Å². The van der Waals surface area contributed by atoms with Crippen molar-refractivity contribution in [2.45, 2.75) is 12.7 Å². The maximum absolute atomic E-state index is 12.7. The number of carbonyl (C=O) groups is 1. The molecule has 4 heterocycles. The van der Waals surface area contributed by atoms with E-state index in [0.29, 0.717) is 43.3 Å². The Kier molecular flexibility index (Phi) is 5.22. The normalized spacial score (nSPS) is 12.0. The van der Waals surface area contributed by atoms with Crippen LogP contribution >= 0.6 is 23.2 Å². The Bertz CT molecular complexity index is 1570. The van der Waals surface area contributed by atoms with Gasteiger partial charge in [0.2, 0.25) is 0 Å². The fraction of sp³-hybridized carbons (Fsp3) is 0.0909. The molecule has 5 aromatic rings. The van der Waals surface area contributed by atoms with Gasteiger partial charge in [0.1, 0.15) is 23.6 Å². The molecule has 0 fully saturated rings. The summed E-state index contributed by atoms with van der Waals surface area (Å²) < 4.78 is 40.4. The number of aromatic nitrogens is 5. The Hall–Kier alpha value is -3.63. The quantitative estimate of drug-likeness (QED) is 0.355. The van der Waals surface area contributed by atoms with Crippen LogP contribution in [0.3, 0.4) is 0 Å². The Morgan fingerprint density at radius 2 is 1.82 bits per heavy atom. The molecule has 12 heteroatoms. The number of benzene rings is 1. The summed E-state index contributed by atoms with van der Waals surface area (Å²) in [5, 5.41) is 4.90. The van der Waals surface area contributed by atoms with Gasteiger partial charge in [0.15, 0.2) is 0 Å². The molecular weight excluding hydrogens is 492 g/mol. The molecule has 4 aromatic heterocycles. The topological polar surface area (TPSA) is 91.1 Å². The smallest absolute Gasteiger partial charge is 0.364 e. The van der Waals surface area contributed by atoms with Gasteiger partial charge in [-0.05, 0) is 24.3 Å². The summed E-state index contributed by atoms with van der Waals surface area (Å²) in [6.45, 7) is -1.21. The molecule has 0 unspecified atom stereocenters. The van der Waals surface area contributed by atoms with E-state index in [9.17, 15) is 18.0 Å². The second kappa shape index (κ2) is 8.00. The first-order chi connectivity index (χ1) is 16.1. The number of alkyl halides is 3. The van der Waals surface area contributed by atoms with Crippen LogP contribution in [-0.2, 0) is 6.54 Å². The Morgan fingerprint density at radius 3 is 2.50 bits per heavy atom. The number of halogens is 5. The molecule has 0 saturated heterocycles. The van der Waals surface area contributed by atoms with Crippen molar-refractivity contribution in [1.29, 1.82) is 0 Å². The van der Waals surface area contributed by atoms with Crippen molar-refractivity contribution in [2.75, 3.05) is 0 Å². The monoisotopic (exact) mass is 504 g/mol. The molecular formula is C22H13Cl2F3N6O. The lowest BCUT2D eigenvalue weighted by Gasteiger charge is -2.06. The number of hydrogen-bond donors (Lipinski definition) is 1. The number of pyridine rings is 2. The average molecular weight is 505 g/mol. The van der Waals surface area contributed by atoms with E-state index in [-0.39, 0.29) is 11.4 Å². The zero-order valence-electron chi connectivity index (χ0n) is 17.0. The number of amides is 1. The van der Waals surface area contributed by atoms with E-state index >= 15 is 0 Å². The lowest BCUT2D eigenvalue weighted by atomic mass is 10.1. The van der Waals surface area contributed by atoms with Crippen LogP contribution < -0.4 is 5.73 Å². The standard InChI is InChI=1S/C22H13Cl2F3N6O/c23-14-2-1-3-15(24)17(14)18-19(20(28)34)33-5-4-16-13(21(33)31-18)6-11(7-29-16)12-8-30-32(9-12)10-22(25,26)27/h1-9H,10H2,(H2,28,34). The van der Waals surface area contributed by atoms with E-state index in [0.717, 1.165) is 4.68 Å². The number of nitrogens with zero attached hydrogens (tertiary/aromatic N) is 5. The molecule has 172 valence electrons. The average Bonchev–Trinajstić information content (AvgIpc) is 3.36. The predicted molar refractivity (Wildman–Crippen MR) is 122 cm³/mol. The maximum atomic E-state index is 12.7. The van der Waals surface area contributed by atoms with Gasteiger partial charge in [0.05, 0.1) is 21.8 Å². The third-order valence-corrected chi connectivity index (χ3v) is 5.82. The number of hydrogen-bond acceptors (Lipinski definition) is 4. The van der Waals surface area contributed by atoms with Crippen molar-refractivity contribution < 1.29 is 18.0 Å². The summed E-state index contributed by atoms with van der Waals surface area (Å²) in [5.74, 6) is -0.740. The molecule has 0 atom stereocenters. The van der Waals surface area contributed by atoms with Crippen molar-refractivity contribution in [3.05, 3.63) is 70.9 Å². The fourth-order valence-corrected chi connectivity index (χ4v) is 4.35. The molecule has 0 aliphatic carbocycles. The second-order valence-corrected chi connectivity index (χ2v) is 8.29. The van der Waals surface area contributed by atoms with Crippen molar-refractivity contribution >= 4 is 45.7 Å². The SMILES string of the molecule is NC(=O)c1c(-c2c(Cl)cccc2Cl)nc2c3cc(-c4cnn(CC(F)(F)F)c4)cnc3ccn12. The minimum Gasteiger partial charge on any atom is -0.364 e. The van der Waals surface area contributed by atoms with E-state index < -0.39 is 18.6 Å². The summed E-state index contributed by atoms with van der Waals surface area (Å²) in [6.07, 6.45) is 1.34. The summed E-state index contributed by atoms with van der Waals surface area (Å²) >= 11 is 12.7. The number of rotatable bonds is 4. The van der Waals surface area contributed by atoms with E-state index in [1.165, 1.54) is 23.0 Å². The van der Waals surface area contributed by atoms with Crippen LogP contribution in [0.15, 0.2) is 55.1 Å². The number of carbonyl (C=O) groups excluding carboxylic acids is 1. The van der Waals surface area contributed by atoms with Crippen LogP contribution in [-0.4, -0.2) is 36.2 Å². The fourth-order valence-electron chi connectivity index (χ4n) is 3.77. The molecule has 0 bridgehead atoms. The number of imidazole rings is 1. The van der Waals surface area contributed by atoms with E-state index in [1.54, 1.807) is 36.5 Å². The number of primary amides is 1. The number of fused-ring (bicyclic) bond motifs is 3. The molecule has 34 heavy (non-hydrogen) atoms. The first-order valence-corrected chi connectivity index (χ1v) is 10.5. The first-order valence-electron chi connectivity index (χ1n) is 9.77. The summed E-state index contributed by atoms with van der Waals surface area (Å²) in [6, 6.07) is 8.29. The summed E-state index contributed by atoms with van der Waals surface area (Å²) in [4.78, 5) is 21.4. The van der Waals surface area contributed by atoms with Crippen LogP contribution in [0.1, 0.15) is 10.5 Å². The minimum atomic E-state index is -4.39. The van der Waals surface area contributed by atoms with Gasteiger partial charge in [-0.25, -0.2) is 4.98 Å². The van der Waals surface area contributed by atoms with Crippen LogP contribution in [0.2, 0.25) is 10.0 Å². The molecule has 0 aliphatic rings. The van der Waals surface area contributed by atoms with Crippen molar-refractivity contribution in [3.63, 3.8) is 0 Å². The molecule has 1 aromatic carbocycles. The van der Waals surface area contributed by atoms with Crippen LogP contribution in [0, 0.1) is 0 Å². The van der Waals surface area contributed by atoms with E-state index in [2.05, 4.69) is 15.1 Å². The van der Waals surface area contributed by atoms with Gasteiger partial charge in [-0.15, -0.1) is 0 Å². The van der Waals surface area contributed by atoms with Gasteiger partial charge in [0, 0.05) is 40.7 Å². The molecule has 7 nitrogen and oxygen atoms in total. The highest BCUT2D eigenvalue weighted by molar-refractivity contribution is 6.39. The lowest BCUT2D eigenvalue weighted by molar-refractivity contribution is -0.142. The molecule has 0 spiro atoms. The maximum Gasteiger partial charge on any atom is 0.408 e. The third-order valence-electron chi connectivity index (χ3n) is 5.19. The minimum absolute atomic E-state index is 0.0790. The van der Waals surface area contributed by atoms with Crippen LogP contribution in [0.25, 0.3) is 38.9 Å². The highest BCUT2D eigenvalue weighted by Gasteiger charge is 2.28. The Morgan fingerprint density at radius 1 is 1.09 bits per heavy atom. The summed E-state index contributed by atoms with van der Waals surface area (Å²) in [7, 11) is 0. The van der Waals surface area contributed by atoms with Crippen molar-refractivity contribution in [2.24, 2.45) is 5.73 Å². The van der Waals surface area contributed by atoms with Gasteiger partial charge < -0.3 is 5.73 Å². The lowest BCUT2D eigenvalue weighted by Crippen LogP contribution is -2.17. The van der Waals surface area contributed by atoms with Gasteiger partial charge in [-0.1, -0.05) is 29.3 Å². The number of nitrogens with two attached hydrogens (primary N) is 1. The highest BCUT2D eigenvalue weighted by Crippen LogP contribution is 2.37. The van der Waals surface area contributed by atoms with Gasteiger partial charge in [-0.3, -0.25) is 18.9 Å². The highest BCUT2D eigenvalue weighted by atomic mass is 35.5. The van der Waals surface area contributed by atoms with Crippen molar-refractivity contribution in [1.82, 2.24) is 24.1 Å². The molecule has 0 radical (unpaired) electrons. The largest absolute Gasteiger partial charge is 0.408 e. The van der Waals surface area contributed by atoms with Gasteiger partial charge in [0.25, 0.3) is 5.91 Å². The molecule has 0 aliphatic heterocycles. The predicted octanol–water partition coefficient (Wildman–Crippen LogP) is 5.38. The molecule has 5 rings (SSSR count). The molecule has 0 saturated carbocycles. The zero-order valence-corrected chi connectivity index (χ0v) is 18.5. The third kappa shape index (κ3) is 3.84. The first kappa shape index (κ1) is 22.2. The summed E-state index contributed by atoms with van der Waals surface area (Å²) in [5.41, 5.74) is 8.19. The molecule has 2 N–H and O–H groups in total. The van der Waals surface area contributed by atoms with Crippen molar-refractivity contribution in [3.8, 4) is 22.4 Å². The molecule has 1 amide bonds. The van der Waals surface area contributed by atoms with Crippen LogP contribution in [0.5, 0.6) is 0 Å².